The minimum Gasteiger partial charge on any atom is -0.507 e. The maximum Gasteiger partial charge on any atom is 0.692 e. The molecule has 4 nitrogen and oxygen atoms in total. The largest absolute Gasteiger partial charge is 0.692 e. The fourth-order valence-corrected chi connectivity index (χ4v) is 11.4. The Labute approximate surface area is 258 Å². The van der Waals surface area contributed by atoms with Crippen molar-refractivity contribution in [3.8, 4) is 16.9 Å². The van der Waals surface area contributed by atoms with Crippen LogP contribution in [0.15, 0.2) is 164 Å². The summed E-state index contributed by atoms with van der Waals surface area (Å²) in [7, 11) is -5.74. The lowest BCUT2D eigenvalue weighted by Gasteiger charge is -2.36. The summed E-state index contributed by atoms with van der Waals surface area (Å²) in [5, 5.41) is 21.3. The summed E-state index contributed by atoms with van der Waals surface area (Å²) in [6.45, 7) is 0. The fraction of sp³-hybridized carbons (Fsp3) is 0. The molecule has 0 spiro atoms. The van der Waals surface area contributed by atoms with Gasteiger partial charge in [-0.05, 0) is 53.9 Å². The van der Waals surface area contributed by atoms with Crippen LogP contribution in [-0.2, 0) is 4.57 Å². The molecule has 0 bridgehead atoms. The molecule has 0 heterocycles. The Morgan fingerprint density at radius 2 is 0.795 bits per heavy atom. The van der Waals surface area contributed by atoms with E-state index in [9.17, 15) is 5.11 Å². The van der Waals surface area contributed by atoms with Gasteiger partial charge >= 0.3 is 8.25 Å². The van der Waals surface area contributed by atoms with Crippen molar-refractivity contribution in [1.82, 2.24) is 0 Å². The summed E-state index contributed by atoms with van der Waals surface area (Å²) in [5.41, 5.74) is 2.00. The molecule has 44 heavy (non-hydrogen) atoms. The van der Waals surface area contributed by atoms with Crippen LogP contribution >= 0.6 is 8.25 Å². The van der Waals surface area contributed by atoms with E-state index in [4.69, 9.17) is 14.4 Å². The number of fused-ring (bicyclic) bond motifs is 2. The van der Waals surface area contributed by atoms with E-state index in [1.807, 2.05) is 12.1 Å². The van der Waals surface area contributed by atoms with Gasteiger partial charge in [0.25, 0.3) is 0 Å². The SMILES string of the molecule is O=[P+](O)O.Oc1ccc2ccccc2c1-c1c([Si](c2ccccc2)(c2ccccc2)c2ccccc2)ccc2ccccc12. The van der Waals surface area contributed by atoms with Crippen molar-refractivity contribution in [1.29, 1.82) is 0 Å². The van der Waals surface area contributed by atoms with E-state index in [-0.39, 0.29) is 0 Å². The smallest absolute Gasteiger partial charge is 0.507 e. The van der Waals surface area contributed by atoms with Gasteiger partial charge in [0.1, 0.15) is 5.75 Å². The van der Waals surface area contributed by atoms with Crippen LogP contribution in [0.1, 0.15) is 0 Å². The average Bonchev–Trinajstić information content (AvgIpc) is 3.06. The van der Waals surface area contributed by atoms with Gasteiger partial charge in [-0.1, -0.05) is 158 Å². The molecule has 6 heteroatoms. The Balaban J connectivity index is 0.000000810. The third-order valence-corrected chi connectivity index (χ3v) is 12.9. The van der Waals surface area contributed by atoms with E-state index in [1.165, 1.54) is 20.7 Å². The van der Waals surface area contributed by atoms with Crippen molar-refractivity contribution in [2.24, 2.45) is 0 Å². The fourth-order valence-electron chi connectivity index (χ4n) is 6.41. The van der Waals surface area contributed by atoms with Gasteiger partial charge in [-0.3, -0.25) is 0 Å². The van der Waals surface area contributed by atoms with Crippen LogP contribution in [0.3, 0.4) is 0 Å². The lowest BCUT2D eigenvalue weighted by Crippen LogP contribution is -2.75. The zero-order chi connectivity index (χ0) is 30.5. The second kappa shape index (κ2) is 12.8. The summed E-state index contributed by atoms with van der Waals surface area (Å²) < 4.78 is 8.70. The van der Waals surface area contributed by atoms with Gasteiger partial charge in [0.2, 0.25) is 0 Å². The van der Waals surface area contributed by atoms with Crippen LogP contribution < -0.4 is 20.7 Å². The zero-order valence-corrected chi connectivity index (χ0v) is 25.7. The Morgan fingerprint density at radius 3 is 1.25 bits per heavy atom. The van der Waals surface area contributed by atoms with E-state index >= 15 is 0 Å². The van der Waals surface area contributed by atoms with E-state index < -0.39 is 16.3 Å². The quantitative estimate of drug-likeness (QED) is 0.120. The van der Waals surface area contributed by atoms with E-state index in [1.54, 1.807) is 0 Å². The van der Waals surface area contributed by atoms with Crippen LogP contribution in [0.5, 0.6) is 5.75 Å². The number of aromatic hydroxyl groups is 1. The van der Waals surface area contributed by atoms with Gasteiger partial charge in [0.15, 0.2) is 8.07 Å². The van der Waals surface area contributed by atoms with Crippen LogP contribution in [0, 0.1) is 0 Å². The highest BCUT2D eigenvalue weighted by molar-refractivity contribution is 7.30. The summed E-state index contributed by atoms with van der Waals surface area (Å²) in [6.07, 6.45) is 0. The molecule has 0 aliphatic rings. The van der Waals surface area contributed by atoms with Gasteiger partial charge in [0, 0.05) is 10.1 Å². The first-order chi connectivity index (χ1) is 21.5. The van der Waals surface area contributed by atoms with Crippen molar-refractivity contribution in [2.75, 3.05) is 0 Å². The number of rotatable bonds is 5. The molecule has 7 aromatic carbocycles. The normalized spacial score (nSPS) is 11.1. The number of hydrogen-bond donors (Lipinski definition) is 3. The molecule has 0 saturated heterocycles. The Morgan fingerprint density at radius 1 is 0.432 bits per heavy atom. The molecule has 0 unspecified atom stereocenters. The van der Waals surface area contributed by atoms with Crippen LogP contribution in [0.25, 0.3) is 32.7 Å². The molecule has 0 fully saturated rings. The number of benzene rings is 7. The lowest BCUT2D eigenvalue weighted by molar-refractivity contribution is 0.405. The van der Waals surface area contributed by atoms with Crippen LogP contribution in [-0.4, -0.2) is 23.0 Å². The number of phenolic OH excluding ortho intramolecular Hbond substituents is 1. The Kier molecular flexibility index (Phi) is 8.46. The summed E-state index contributed by atoms with van der Waals surface area (Å²) >= 11 is 0. The Bertz CT molecular complexity index is 1970. The molecule has 0 radical (unpaired) electrons. The average molecular weight is 610 g/mol. The van der Waals surface area contributed by atoms with Gasteiger partial charge < -0.3 is 5.11 Å². The molecule has 7 rings (SSSR count). The van der Waals surface area contributed by atoms with E-state index in [0.29, 0.717) is 5.75 Å². The Hall–Kier alpha value is -4.90. The van der Waals surface area contributed by atoms with Crippen molar-refractivity contribution in [3.63, 3.8) is 0 Å². The molecule has 0 atom stereocenters. The first-order valence-electron chi connectivity index (χ1n) is 14.3. The minimum absolute atomic E-state index is 0.299. The molecular formula is C38H30O4PSi+. The summed E-state index contributed by atoms with van der Waals surface area (Å²) in [4.78, 5) is 14.2. The van der Waals surface area contributed by atoms with Gasteiger partial charge in [-0.25, -0.2) is 0 Å². The van der Waals surface area contributed by atoms with Gasteiger partial charge in [0.05, 0.1) is 0 Å². The molecule has 0 saturated carbocycles. The zero-order valence-electron chi connectivity index (χ0n) is 23.8. The molecule has 7 aromatic rings. The molecule has 0 aliphatic carbocycles. The molecule has 214 valence electrons. The van der Waals surface area contributed by atoms with E-state index in [0.717, 1.165) is 32.7 Å². The third-order valence-electron chi connectivity index (χ3n) is 8.11. The van der Waals surface area contributed by atoms with Crippen molar-refractivity contribution in [3.05, 3.63) is 164 Å². The lowest BCUT2D eigenvalue weighted by atomic mass is 9.93. The predicted octanol–water partition coefficient (Wildman–Crippen LogP) is 6.37. The number of hydrogen-bond acceptors (Lipinski definition) is 2. The van der Waals surface area contributed by atoms with Crippen LogP contribution in [0.4, 0.5) is 0 Å². The van der Waals surface area contributed by atoms with E-state index in [2.05, 4.69) is 152 Å². The van der Waals surface area contributed by atoms with Crippen molar-refractivity contribution in [2.45, 2.75) is 0 Å². The predicted molar refractivity (Wildman–Crippen MR) is 184 cm³/mol. The maximum atomic E-state index is 11.6. The topological polar surface area (TPSA) is 77.8 Å². The summed E-state index contributed by atoms with van der Waals surface area (Å²) in [6, 6.07) is 58.3. The van der Waals surface area contributed by atoms with Gasteiger partial charge in [-0.2, -0.15) is 0 Å². The molecule has 0 aromatic heterocycles. The summed E-state index contributed by atoms with van der Waals surface area (Å²) in [5.74, 6) is 0.299. The monoisotopic (exact) mass is 609 g/mol. The second-order valence-electron chi connectivity index (χ2n) is 10.5. The molecule has 3 N–H and O–H groups in total. The molecule has 0 aliphatic heterocycles. The van der Waals surface area contributed by atoms with Gasteiger partial charge in [-0.15, -0.1) is 9.79 Å². The third kappa shape index (κ3) is 5.34. The maximum absolute atomic E-state index is 11.6. The first-order valence-corrected chi connectivity index (χ1v) is 17.4. The standard InChI is InChI=1S/C38H28OSi.HO3P/c39-35-26-24-28-14-10-12-22-33(28)37(35)38-34-23-13-11-15-29(34)25-27-36(38)40(30-16-4-1-5-17-30,31-18-6-2-7-19-31)32-20-8-3-9-21-32;1-4(2)3/h1-27,39H;(H-,1,2,3)/p+1. The van der Waals surface area contributed by atoms with Crippen LogP contribution in [0.2, 0.25) is 0 Å². The van der Waals surface area contributed by atoms with Crippen molar-refractivity contribution >= 4 is 58.6 Å². The number of phenols is 1. The second-order valence-corrected chi connectivity index (χ2v) is 14.8. The van der Waals surface area contributed by atoms with Crippen molar-refractivity contribution < 1.29 is 19.5 Å². The minimum atomic E-state index is -2.87. The highest BCUT2D eigenvalue weighted by Crippen LogP contribution is 2.40. The first kappa shape index (κ1) is 29.2. The highest BCUT2D eigenvalue weighted by Gasteiger charge is 2.43. The molecular weight excluding hydrogens is 579 g/mol. The highest BCUT2D eigenvalue weighted by atomic mass is 31.1. The molecule has 0 amide bonds.